The lowest BCUT2D eigenvalue weighted by molar-refractivity contribution is 0.0693. The van der Waals surface area contributed by atoms with Crippen LogP contribution in [0.15, 0.2) is 18.2 Å². The maximum absolute atomic E-state index is 11.8. The molecule has 0 saturated carbocycles. The van der Waals surface area contributed by atoms with Gasteiger partial charge in [-0.05, 0) is 38.5 Å². The van der Waals surface area contributed by atoms with Gasteiger partial charge in [0.15, 0.2) is 0 Å². The molecule has 0 fully saturated rings. The Morgan fingerprint density at radius 3 is 2.50 bits per heavy atom. The fourth-order valence-electron chi connectivity index (χ4n) is 1.94. The Labute approximate surface area is 117 Å². The van der Waals surface area contributed by atoms with E-state index in [0.717, 1.165) is 12.8 Å². The predicted octanol–water partition coefficient (Wildman–Crippen LogP) is 2.79. The van der Waals surface area contributed by atoms with E-state index < -0.39 is 12.0 Å². The second-order valence-electron chi connectivity index (χ2n) is 5.25. The van der Waals surface area contributed by atoms with Crippen LogP contribution in [0, 0.1) is 0 Å². The number of aromatic hydroxyl groups is 1. The second kappa shape index (κ2) is 6.27. The van der Waals surface area contributed by atoms with Crippen molar-refractivity contribution in [3.63, 3.8) is 0 Å². The zero-order chi connectivity index (χ0) is 15.3. The van der Waals surface area contributed by atoms with Crippen molar-refractivity contribution in [2.75, 3.05) is 5.32 Å². The monoisotopic (exact) mass is 280 g/mol. The van der Waals surface area contributed by atoms with Crippen LogP contribution in [0.1, 0.15) is 44.0 Å². The number of carbonyl (C=O) groups is 2. The van der Waals surface area contributed by atoms with Crippen LogP contribution in [0.25, 0.3) is 0 Å². The summed E-state index contributed by atoms with van der Waals surface area (Å²) < 4.78 is 0. The lowest BCUT2D eigenvalue weighted by Crippen LogP contribution is -2.45. The molecule has 1 rings (SSSR count). The Morgan fingerprint density at radius 1 is 1.30 bits per heavy atom. The van der Waals surface area contributed by atoms with Crippen LogP contribution < -0.4 is 10.6 Å². The Kier molecular flexibility index (Phi) is 4.96. The van der Waals surface area contributed by atoms with Crippen LogP contribution in [0.3, 0.4) is 0 Å². The van der Waals surface area contributed by atoms with Gasteiger partial charge in [0.25, 0.3) is 0 Å². The molecule has 0 bridgehead atoms. The maximum Gasteiger partial charge on any atom is 0.339 e. The molecule has 2 amide bonds. The molecule has 0 heterocycles. The fourth-order valence-corrected chi connectivity index (χ4v) is 1.94. The summed E-state index contributed by atoms with van der Waals surface area (Å²) in [6.07, 6.45) is 1.77. The maximum atomic E-state index is 11.8. The van der Waals surface area contributed by atoms with Crippen molar-refractivity contribution < 1.29 is 19.8 Å². The van der Waals surface area contributed by atoms with E-state index in [2.05, 4.69) is 10.6 Å². The van der Waals surface area contributed by atoms with E-state index in [1.165, 1.54) is 18.2 Å². The topological polar surface area (TPSA) is 98.7 Å². The lowest BCUT2D eigenvalue weighted by atomic mass is 9.99. The van der Waals surface area contributed by atoms with Gasteiger partial charge in [0, 0.05) is 11.2 Å². The van der Waals surface area contributed by atoms with Crippen LogP contribution in [0.2, 0.25) is 0 Å². The molecule has 4 N–H and O–H groups in total. The number of carbonyl (C=O) groups excluding carboxylic acids is 1. The first-order chi connectivity index (χ1) is 9.25. The van der Waals surface area contributed by atoms with Gasteiger partial charge in [0.1, 0.15) is 11.3 Å². The van der Waals surface area contributed by atoms with Crippen LogP contribution in [0.4, 0.5) is 10.5 Å². The Balaban J connectivity index is 2.76. The highest BCUT2D eigenvalue weighted by Crippen LogP contribution is 2.21. The molecule has 0 atom stereocenters. The minimum Gasteiger partial charge on any atom is -0.507 e. The largest absolute Gasteiger partial charge is 0.507 e. The lowest BCUT2D eigenvalue weighted by Gasteiger charge is -2.25. The molecule has 1 aromatic carbocycles. The second-order valence-corrected chi connectivity index (χ2v) is 5.25. The quantitative estimate of drug-likeness (QED) is 0.623. The third-order valence-corrected chi connectivity index (χ3v) is 2.81. The van der Waals surface area contributed by atoms with Crippen molar-refractivity contribution >= 4 is 17.7 Å². The summed E-state index contributed by atoms with van der Waals surface area (Å²) in [4.78, 5) is 22.7. The van der Waals surface area contributed by atoms with Crippen molar-refractivity contribution in [1.82, 2.24) is 5.32 Å². The molecule has 0 aromatic heterocycles. The number of carboxylic acids is 1. The van der Waals surface area contributed by atoms with Gasteiger partial charge in [-0.15, -0.1) is 0 Å². The molecule has 0 radical (unpaired) electrons. The summed E-state index contributed by atoms with van der Waals surface area (Å²) in [6, 6.07) is 3.47. The Hall–Kier alpha value is -2.24. The average Bonchev–Trinajstić information content (AvgIpc) is 2.30. The molecule has 0 unspecified atom stereocenters. The number of anilines is 1. The van der Waals surface area contributed by atoms with Crippen molar-refractivity contribution in [1.29, 1.82) is 0 Å². The van der Waals surface area contributed by atoms with E-state index in [4.69, 9.17) is 5.11 Å². The fraction of sp³-hybridized carbons (Fsp3) is 0.429. The number of benzene rings is 1. The molecule has 110 valence electrons. The SMILES string of the molecule is CCCC(C)(C)NC(=O)Nc1ccc(O)c(C(=O)O)c1. The summed E-state index contributed by atoms with van der Waals surface area (Å²) in [6.45, 7) is 5.85. The average molecular weight is 280 g/mol. The Morgan fingerprint density at radius 2 is 1.95 bits per heavy atom. The molecular weight excluding hydrogens is 260 g/mol. The summed E-state index contributed by atoms with van der Waals surface area (Å²) >= 11 is 0. The zero-order valence-corrected chi connectivity index (χ0v) is 11.9. The number of aromatic carboxylic acids is 1. The number of hydrogen-bond donors (Lipinski definition) is 4. The van der Waals surface area contributed by atoms with Gasteiger partial charge in [0.2, 0.25) is 0 Å². The van der Waals surface area contributed by atoms with Crippen molar-refractivity contribution in [2.24, 2.45) is 0 Å². The van der Waals surface area contributed by atoms with Gasteiger partial charge in [-0.2, -0.15) is 0 Å². The number of nitrogens with one attached hydrogen (secondary N) is 2. The summed E-state index contributed by atoms with van der Waals surface area (Å²) in [7, 11) is 0. The minimum absolute atomic E-state index is 0.254. The highest BCUT2D eigenvalue weighted by Gasteiger charge is 2.19. The minimum atomic E-state index is -1.25. The summed E-state index contributed by atoms with van der Waals surface area (Å²) in [5.74, 6) is -1.59. The van der Waals surface area contributed by atoms with E-state index in [1.807, 2.05) is 20.8 Å². The molecule has 0 aliphatic heterocycles. The van der Waals surface area contributed by atoms with Gasteiger partial charge in [0.05, 0.1) is 0 Å². The molecular formula is C14H20N2O4. The number of phenols is 1. The van der Waals surface area contributed by atoms with Crippen LogP contribution >= 0.6 is 0 Å². The molecule has 0 aliphatic carbocycles. The van der Waals surface area contributed by atoms with E-state index in [9.17, 15) is 14.7 Å². The van der Waals surface area contributed by atoms with Gasteiger partial charge >= 0.3 is 12.0 Å². The predicted molar refractivity (Wildman–Crippen MR) is 76.2 cm³/mol. The van der Waals surface area contributed by atoms with Crippen molar-refractivity contribution in [3.05, 3.63) is 23.8 Å². The first kappa shape index (κ1) is 15.8. The summed E-state index contributed by atoms with van der Waals surface area (Å²) in [5, 5.41) is 23.6. The van der Waals surface area contributed by atoms with Crippen LogP contribution in [-0.4, -0.2) is 27.8 Å². The third-order valence-electron chi connectivity index (χ3n) is 2.81. The van der Waals surface area contributed by atoms with Gasteiger partial charge in [-0.1, -0.05) is 13.3 Å². The molecule has 6 nitrogen and oxygen atoms in total. The number of rotatable bonds is 5. The highest BCUT2D eigenvalue weighted by atomic mass is 16.4. The third kappa shape index (κ3) is 4.46. The van der Waals surface area contributed by atoms with E-state index in [-0.39, 0.29) is 16.9 Å². The molecule has 6 heteroatoms. The number of carboxylic acid groups (broad SMARTS) is 1. The molecule has 0 saturated heterocycles. The molecule has 1 aromatic rings. The van der Waals surface area contributed by atoms with Gasteiger partial charge in [-0.3, -0.25) is 0 Å². The first-order valence-electron chi connectivity index (χ1n) is 6.40. The first-order valence-corrected chi connectivity index (χ1v) is 6.40. The van der Waals surface area contributed by atoms with E-state index in [1.54, 1.807) is 0 Å². The van der Waals surface area contributed by atoms with Crippen LogP contribution in [0.5, 0.6) is 5.75 Å². The normalized spacial score (nSPS) is 10.9. The van der Waals surface area contributed by atoms with Crippen molar-refractivity contribution in [3.8, 4) is 5.75 Å². The Bertz CT molecular complexity index is 512. The summed E-state index contributed by atoms with van der Waals surface area (Å²) in [5.41, 5.74) is -0.286. The van der Waals surface area contributed by atoms with E-state index in [0.29, 0.717) is 5.69 Å². The van der Waals surface area contributed by atoms with Crippen molar-refractivity contribution in [2.45, 2.75) is 39.2 Å². The number of amides is 2. The zero-order valence-electron chi connectivity index (χ0n) is 11.9. The van der Waals surface area contributed by atoms with Gasteiger partial charge < -0.3 is 20.8 Å². The standard InChI is InChI=1S/C14H20N2O4/c1-4-7-14(2,3)16-13(20)15-9-5-6-11(17)10(8-9)12(18)19/h5-6,8,17H,4,7H2,1-3H3,(H,18,19)(H2,15,16,20). The van der Waals surface area contributed by atoms with E-state index >= 15 is 0 Å². The number of hydrogen-bond acceptors (Lipinski definition) is 3. The molecule has 20 heavy (non-hydrogen) atoms. The smallest absolute Gasteiger partial charge is 0.339 e. The number of urea groups is 1. The molecule has 0 aliphatic rings. The van der Waals surface area contributed by atoms with Gasteiger partial charge in [-0.25, -0.2) is 9.59 Å². The van der Waals surface area contributed by atoms with Crippen LogP contribution in [-0.2, 0) is 0 Å². The highest BCUT2D eigenvalue weighted by molar-refractivity contribution is 5.95. The molecule has 0 spiro atoms.